The van der Waals surface area contributed by atoms with Crippen molar-refractivity contribution in [3.8, 4) is 0 Å². The van der Waals surface area contributed by atoms with Crippen LogP contribution in [0.5, 0.6) is 0 Å². The highest BCUT2D eigenvalue weighted by Gasteiger charge is 2.33. The molecule has 1 aliphatic heterocycles. The third-order valence-corrected chi connectivity index (χ3v) is 4.44. The van der Waals surface area contributed by atoms with Crippen LogP contribution in [0, 0.1) is 10.1 Å². The van der Waals surface area contributed by atoms with Crippen molar-refractivity contribution in [2.75, 3.05) is 13.1 Å². The highest BCUT2D eigenvalue weighted by molar-refractivity contribution is 5.41. The smallest absolute Gasteiger partial charge is 0.204 e. The van der Waals surface area contributed by atoms with Crippen molar-refractivity contribution >= 4 is 0 Å². The van der Waals surface area contributed by atoms with Gasteiger partial charge in [0, 0.05) is 17.4 Å². The normalized spacial score (nSPS) is 24.8. The third kappa shape index (κ3) is 2.63. The van der Waals surface area contributed by atoms with Crippen LogP contribution < -0.4 is 5.32 Å². The highest BCUT2D eigenvalue weighted by Crippen LogP contribution is 2.38. The van der Waals surface area contributed by atoms with Gasteiger partial charge in [-0.2, -0.15) is 0 Å². The Morgan fingerprint density at radius 3 is 3.16 bits per heavy atom. The summed E-state index contributed by atoms with van der Waals surface area (Å²) in [7, 11) is 0. The molecule has 1 heterocycles. The Morgan fingerprint density at radius 2 is 2.32 bits per heavy atom. The number of fused-ring (bicyclic) bond motifs is 3. The fourth-order valence-corrected chi connectivity index (χ4v) is 3.54. The summed E-state index contributed by atoms with van der Waals surface area (Å²) < 4.78 is 0. The van der Waals surface area contributed by atoms with E-state index in [0.717, 1.165) is 19.4 Å². The van der Waals surface area contributed by atoms with Gasteiger partial charge in [-0.3, -0.25) is 10.1 Å². The Kier molecular flexibility index (Phi) is 3.51. The Morgan fingerprint density at radius 1 is 1.42 bits per heavy atom. The average Bonchev–Trinajstić information content (AvgIpc) is 2.76. The molecule has 1 aliphatic carbocycles. The first-order valence-corrected chi connectivity index (χ1v) is 7.21. The topological polar surface area (TPSA) is 55.2 Å². The lowest BCUT2D eigenvalue weighted by Gasteiger charge is -2.27. The molecule has 1 N–H and O–H groups in total. The maximum Gasteiger partial charge on any atom is 0.204 e. The van der Waals surface area contributed by atoms with Crippen LogP contribution in [0.25, 0.3) is 0 Å². The molecule has 19 heavy (non-hydrogen) atoms. The van der Waals surface area contributed by atoms with E-state index < -0.39 is 0 Å². The summed E-state index contributed by atoms with van der Waals surface area (Å²) in [5.41, 5.74) is 4.22. The quantitative estimate of drug-likeness (QED) is 0.667. The molecule has 0 spiro atoms. The van der Waals surface area contributed by atoms with Crippen molar-refractivity contribution in [3.63, 3.8) is 0 Å². The van der Waals surface area contributed by atoms with Gasteiger partial charge in [-0.25, -0.2) is 0 Å². The molecule has 1 aromatic rings. The summed E-state index contributed by atoms with van der Waals surface area (Å²) in [4.78, 5) is 10.1. The number of hydrogen-bond acceptors (Lipinski definition) is 3. The maximum absolute atomic E-state index is 10.3. The molecule has 3 rings (SSSR count). The number of nitrogens with zero attached hydrogens (tertiary/aromatic N) is 1. The van der Waals surface area contributed by atoms with Crippen LogP contribution in [0.3, 0.4) is 0 Å². The van der Waals surface area contributed by atoms with Crippen molar-refractivity contribution in [2.45, 2.75) is 44.1 Å². The van der Waals surface area contributed by atoms with Crippen LogP contribution in [0.15, 0.2) is 18.2 Å². The lowest BCUT2D eigenvalue weighted by Crippen LogP contribution is -2.37. The van der Waals surface area contributed by atoms with Gasteiger partial charge in [0.1, 0.15) is 0 Å². The molecule has 0 bridgehead atoms. The summed E-state index contributed by atoms with van der Waals surface area (Å²) >= 11 is 0. The minimum atomic E-state index is -0.230. The molecule has 0 amide bonds. The largest absolute Gasteiger partial charge is 0.313 e. The first-order valence-electron chi connectivity index (χ1n) is 7.21. The fourth-order valence-electron chi connectivity index (χ4n) is 3.54. The Labute approximate surface area is 113 Å². The van der Waals surface area contributed by atoms with Crippen LogP contribution in [0.4, 0.5) is 0 Å². The molecule has 1 fully saturated rings. The maximum atomic E-state index is 10.3. The van der Waals surface area contributed by atoms with Crippen LogP contribution in [-0.2, 0) is 12.8 Å². The zero-order chi connectivity index (χ0) is 13.2. The Bertz CT molecular complexity index is 487. The minimum Gasteiger partial charge on any atom is -0.313 e. The van der Waals surface area contributed by atoms with Gasteiger partial charge >= 0.3 is 0 Å². The molecule has 102 valence electrons. The van der Waals surface area contributed by atoms with Crippen molar-refractivity contribution in [2.24, 2.45) is 0 Å². The van der Waals surface area contributed by atoms with Crippen LogP contribution >= 0.6 is 0 Å². The molecule has 4 heteroatoms. The predicted molar refractivity (Wildman–Crippen MR) is 74.1 cm³/mol. The molecule has 4 nitrogen and oxygen atoms in total. The SMILES string of the molecule is O=[N+]([O-])CCCc1ccc2c(c1)CC1NCCCC21. The van der Waals surface area contributed by atoms with Crippen molar-refractivity contribution in [3.05, 3.63) is 45.0 Å². The summed E-state index contributed by atoms with van der Waals surface area (Å²) in [5.74, 6) is 0.691. The van der Waals surface area contributed by atoms with E-state index in [2.05, 4.69) is 23.5 Å². The molecule has 2 aliphatic rings. The van der Waals surface area contributed by atoms with Gasteiger partial charge in [-0.15, -0.1) is 0 Å². The van der Waals surface area contributed by atoms with E-state index in [1.54, 1.807) is 0 Å². The molecule has 0 aromatic heterocycles. The lowest BCUT2D eigenvalue weighted by molar-refractivity contribution is -0.480. The molecular weight excluding hydrogens is 240 g/mol. The Hall–Kier alpha value is -1.42. The standard InChI is InChI=1S/C15H20N2O2/c18-17(19)8-2-3-11-5-6-13-12(9-11)10-15-14(13)4-1-7-16-15/h5-6,9,14-16H,1-4,7-8,10H2. The molecule has 1 saturated heterocycles. The number of benzene rings is 1. The molecule has 0 saturated carbocycles. The van der Waals surface area contributed by atoms with E-state index in [1.165, 1.54) is 29.5 Å². The molecule has 1 aromatic carbocycles. The molecule has 2 atom stereocenters. The third-order valence-electron chi connectivity index (χ3n) is 4.44. The number of rotatable bonds is 4. The van der Waals surface area contributed by atoms with E-state index in [0.29, 0.717) is 18.4 Å². The summed E-state index contributed by atoms with van der Waals surface area (Å²) in [6.45, 7) is 1.22. The van der Waals surface area contributed by atoms with Gasteiger partial charge in [-0.1, -0.05) is 18.2 Å². The number of piperidine rings is 1. The predicted octanol–water partition coefficient (Wildman–Crippen LogP) is 2.29. The summed E-state index contributed by atoms with van der Waals surface area (Å²) in [5, 5.41) is 14.0. The first-order chi connectivity index (χ1) is 9.24. The van der Waals surface area contributed by atoms with E-state index in [-0.39, 0.29) is 11.5 Å². The summed E-state index contributed by atoms with van der Waals surface area (Å²) in [6, 6.07) is 7.32. The zero-order valence-corrected chi connectivity index (χ0v) is 11.1. The number of hydrogen-bond donors (Lipinski definition) is 1. The van der Waals surface area contributed by atoms with E-state index >= 15 is 0 Å². The number of aryl methyl sites for hydroxylation is 1. The van der Waals surface area contributed by atoms with Gasteiger partial charge in [0.15, 0.2) is 0 Å². The van der Waals surface area contributed by atoms with Gasteiger partial charge in [0.2, 0.25) is 6.54 Å². The average molecular weight is 260 g/mol. The number of nitrogens with one attached hydrogen (secondary N) is 1. The van der Waals surface area contributed by atoms with E-state index in [9.17, 15) is 10.1 Å². The van der Waals surface area contributed by atoms with Gasteiger partial charge in [-0.05, 0) is 54.8 Å². The molecule has 0 radical (unpaired) electrons. The van der Waals surface area contributed by atoms with Crippen molar-refractivity contribution in [1.29, 1.82) is 0 Å². The van der Waals surface area contributed by atoms with Crippen molar-refractivity contribution < 1.29 is 4.92 Å². The zero-order valence-electron chi connectivity index (χ0n) is 11.1. The summed E-state index contributed by atoms with van der Waals surface area (Å²) in [6.07, 6.45) is 5.15. The van der Waals surface area contributed by atoms with Crippen LogP contribution in [0.2, 0.25) is 0 Å². The Balaban J connectivity index is 1.69. The molecule has 2 unspecified atom stereocenters. The fraction of sp³-hybridized carbons (Fsp3) is 0.600. The monoisotopic (exact) mass is 260 g/mol. The highest BCUT2D eigenvalue weighted by atomic mass is 16.6. The van der Waals surface area contributed by atoms with Crippen LogP contribution in [0.1, 0.15) is 41.9 Å². The minimum absolute atomic E-state index is 0.0733. The van der Waals surface area contributed by atoms with Gasteiger partial charge in [0.05, 0.1) is 0 Å². The number of nitro groups is 1. The first kappa shape index (κ1) is 12.6. The van der Waals surface area contributed by atoms with Gasteiger partial charge < -0.3 is 5.32 Å². The van der Waals surface area contributed by atoms with Crippen LogP contribution in [-0.4, -0.2) is 24.1 Å². The van der Waals surface area contributed by atoms with E-state index in [1.807, 2.05) is 0 Å². The second-order valence-corrected chi connectivity index (χ2v) is 5.71. The second kappa shape index (κ2) is 5.29. The van der Waals surface area contributed by atoms with Gasteiger partial charge in [0.25, 0.3) is 0 Å². The second-order valence-electron chi connectivity index (χ2n) is 5.71. The van der Waals surface area contributed by atoms with Crippen molar-refractivity contribution in [1.82, 2.24) is 5.32 Å². The lowest BCUT2D eigenvalue weighted by atomic mass is 9.90. The molecular formula is C15H20N2O2. The van der Waals surface area contributed by atoms with E-state index in [4.69, 9.17) is 0 Å².